The van der Waals surface area contributed by atoms with Gasteiger partial charge in [-0.15, -0.1) is 0 Å². The van der Waals surface area contributed by atoms with Gasteiger partial charge in [-0.05, 0) is 38.1 Å². The van der Waals surface area contributed by atoms with Gasteiger partial charge in [0.2, 0.25) is 0 Å². The van der Waals surface area contributed by atoms with Gasteiger partial charge in [0, 0.05) is 11.6 Å². The van der Waals surface area contributed by atoms with Crippen molar-refractivity contribution >= 4 is 28.3 Å². The first-order chi connectivity index (χ1) is 9.20. The average molecular weight is 257 g/mol. The molecule has 19 heavy (non-hydrogen) atoms. The van der Waals surface area contributed by atoms with E-state index in [1.54, 1.807) is 20.0 Å². The molecule has 1 N–H and O–H groups in total. The van der Waals surface area contributed by atoms with Crippen LogP contribution >= 0.6 is 0 Å². The standard InChI is InChI=1S/C14H15N3O2/c1-3-19-14(18)10(2)16-17-12-6-7-13-11(9-12)5-4-8-15-13/h4-9,17H,3H2,1-2H3. The predicted molar refractivity (Wildman–Crippen MR) is 75.1 cm³/mol. The van der Waals surface area contributed by atoms with Crippen LogP contribution in [0, 0.1) is 0 Å². The Hall–Kier alpha value is -2.43. The smallest absolute Gasteiger partial charge is 0.354 e. The maximum Gasteiger partial charge on any atom is 0.354 e. The van der Waals surface area contributed by atoms with Crippen LogP contribution in [-0.4, -0.2) is 23.3 Å². The Morgan fingerprint density at radius 2 is 2.26 bits per heavy atom. The first kappa shape index (κ1) is 13.0. The Bertz CT molecular complexity index is 623. The van der Waals surface area contributed by atoms with E-state index in [0.717, 1.165) is 16.6 Å². The molecule has 1 aromatic heterocycles. The monoisotopic (exact) mass is 257 g/mol. The number of nitrogens with zero attached hydrogens (tertiary/aromatic N) is 2. The van der Waals surface area contributed by atoms with Crippen molar-refractivity contribution in [3.63, 3.8) is 0 Å². The van der Waals surface area contributed by atoms with Gasteiger partial charge in [0.15, 0.2) is 0 Å². The molecule has 1 heterocycles. The molecule has 0 aliphatic carbocycles. The third-order valence-corrected chi connectivity index (χ3v) is 2.53. The number of aromatic nitrogens is 1. The van der Waals surface area contributed by atoms with E-state index < -0.39 is 5.97 Å². The fraction of sp³-hybridized carbons (Fsp3) is 0.214. The van der Waals surface area contributed by atoms with Crippen LogP contribution in [0.15, 0.2) is 41.6 Å². The normalized spacial score (nSPS) is 11.4. The van der Waals surface area contributed by atoms with E-state index in [-0.39, 0.29) is 5.71 Å². The minimum atomic E-state index is -0.419. The van der Waals surface area contributed by atoms with E-state index >= 15 is 0 Å². The lowest BCUT2D eigenvalue weighted by Crippen LogP contribution is -2.15. The molecule has 0 aliphatic heterocycles. The molecule has 5 nitrogen and oxygen atoms in total. The highest BCUT2D eigenvalue weighted by molar-refractivity contribution is 6.35. The third-order valence-electron chi connectivity index (χ3n) is 2.53. The zero-order valence-corrected chi connectivity index (χ0v) is 10.9. The second-order valence-corrected chi connectivity index (χ2v) is 3.94. The number of pyridine rings is 1. The van der Waals surface area contributed by atoms with Gasteiger partial charge in [-0.3, -0.25) is 10.4 Å². The summed E-state index contributed by atoms with van der Waals surface area (Å²) in [6, 6.07) is 9.52. The maximum atomic E-state index is 11.4. The van der Waals surface area contributed by atoms with Crippen LogP contribution in [0.3, 0.4) is 0 Å². The number of hydrogen-bond donors (Lipinski definition) is 1. The summed E-state index contributed by atoms with van der Waals surface area (Å²) in [5.41, 5.74) is 4.83. The number of fused-ring (bicyclic) bond motifs is 1. The van der Waals surface area contributed by atoms with Crippen LogP contribution in [0.4, 0.5) is 5.69 Å². The van der Waals surface area contributed by atoms with Gasteiger partial charge in [-0.2, -0.15) is 5.10 Å². The third kappa shape index (κ3) is 3.28. The van der Waals surface area contributed by atoms with Crippen LogP contribution in [0.1, 0.15) is 13.8 Å². The molecule has 0 saturated heterocycles. The van der Waals surface area contributed by atoms with Crippen LogP contribution in [0.5, 0.6) is 0 Å². The number of ether oxygens (including phenoxy) is 1. The Morgan fingerprint density at radius 1 is 1.42 bits per heavy atom. The highest BCUT2D eigenvalue weighted by Gasteiger charge is 2.05. The number of hydrogen-bond acceptors (Lipinski definition) is 5. The van der Waals surface area contributed by atoms with Crippen molar-refractivity contribution in [1.82, 2.24) is 4.98 Å². The van der Waals surface area contributed by atoms with E-state index in [9.17, 15) is 4.79 Å². The molecule has 0 unspecified atom stereocenters. The minimum absolute atomic E-state index is 0.285. The Balaban J connectivity index is 2.13. The molecule has 0 fully saturated rings. The molecule has 2 aromatic rings. The van der Waals surface area contributed by atoms with E-state index in [2.05, 4.69) is 15.5 Å². The van der Waals surface area contributed by atoms with Crippen molar-refractivity contribution in [2.45, 2.75) is 13.8 Å². The van der Waals surface area contributed by atoms with Crippen LogP contribution in [0.25, 0.3) is 10.9 Å². The number of esters is 1. The summed E-state index contributed by atoms with van der Waals surface area (Å²) in [6.45, 7) is 3.70. The number of anilines is 1. The lowest BCUT2D eigenvalue weighted by Gasteiger charge is -2.04. The summed E-state index contributed by atoms with van der Waals surface area (Å²) in [4.78, 5) is 15.6. The molecule has 1 aromatic carbocycles. The van der Waals surface area contributed by atoms with Crippen LogP contribution in [-0.2, 0) is 9.53 Å². The van der Waals surface area contributed by atoms with Gasteiger partial charge >= 0.3 is 5.97 Å². The fourth-order valence-corrected chi connectivity index (χ4v) is 1.57. The highest BCUT2D eigenvalue weighted by atomic mass is 16.5. The molecule has 0 bridgehead atoms. The van der Waals surface area contributed by atoms with E-state index in [4.69, 9.17) is 4.74 Å². The van der Waals surface area contributed by atoms with Crippen molar-refractivity contribution in [3.05, 3.63) is 36.5 Å². The number of hydrazone groups is 1. The zero-order valence-electron chi connectivity index (χ0n) is 10.9. The van der Waals surface area contributed by atoms with Gasteiger partial charge in [-0.1, -0.05) is 6.07 Å². The molecule has 0 saturated carbocycles. The van der Waals surface area contributed by atoms with Crippen LogP contribution in [0.2, 0.25) is 0 Å². The van der Waals surface area contributed by atoms with Gasteiger partial charge < -0.3 is 4.74 Å². The SMILES string of the molecule is CCOC(=O)C(C)=NNc1ccc2ncccc2c1. The van der Waals surface area contributed by atoms with Crippen molar-refractivity contribution in [1.29, 1.82) is 0 Å². The number of benzene rings is 1. The second-order valence-electron chi connectivity index (χ2n) is 3.94. The Morgan fingerprint density at radius 3 is 3.05 bits per heavy atom. The average Bonchev–Trinajstić information content (AvgIpc) is 2.44. The largest absolute Gasteiger partial charge is 0.461 e. The van der Waals surface area contributed by atoms with Gasteiger partial charge in [-0.25, -0.2) is 4.79 Å². The molecule has 0 spiro atoms. The summed E-state index contributed by atoms with van der Waals surface area (Å²) >= 11 is 0. The summed E-state index contributed by atoms with van der Waals surface area (Å²) in [5.74, 6) is -0.419. The van der Waals surface area contributed by atoms with Gasteiger partial charge in [0.05, 0.1) is 17.8 Å². The second kappa shape index (κ2) is 5.95. The van der Waals surface area contributed by atoms with E-state index in [1.165, 1.54) is 0 Å². The molecule has 98 valence electrons. The summed E-state index contributed by atoms with van der Waals surface area (Å²) in [7, 11) is 0. The molecule has 0 radical (unpaired) electrons. The number of carbonyl (C=O) groups is 1. The maximum absolute atomic E-state index is 11.4. The minimum Gasteiger partial charge on any atom is -0.461 e. The number of carbonyl (C=O) groups excluding carboxylic acids is 1. The molecule has 5 heteroatoms. The van der Waals surface area contributed by atoms with Crippen molar-refractivity contribution < 1.29 is 9.53 Å². The molecule has 0 atom stereocenters. The summed E-state index contributed by atoms with van der Waals surface area (Å²) in [6.07, 6.45) is 1.75. The van der Waals surface area contributed by atoms with Crippen molar-refractivity contribution in [3.8, 4) is 0 Å². The van der Waals surface area contributed by atoms with E-state index in [0.29, 0.717) is 6.61 Å². The first-order valence-corrected chi connectivity index (χ1v) is 6.03. The Labute approximate surface area is 111 Å². The molecular formula is C14H15N3O2. The summed E-state index contributed by atoms with van der Waals surface area (Å²) in [5, 5.41) is 5.00. The quantitative estimate of drug-likeness (QED) is 0.519. The molecule has 2 rings (SSSR count). The van der Waals surface area contributed by atoms with Crippen LogP contribution < -0.4 is 5.43 Å². The number of rotatable bonds is 4. The summed E-state index contributed by atoms with van der Waals surface area (Å²) < 4.78 is 4.84. The van der Waals surface area contributed by atoms with Gasteiger partial charge in [0.25, 0.3) is 0 Å². The lowest BCUT2D eigenvalue weighted by atomic mass is 10.2. The van der Waals surface area contributed by atoms with E-state index in [1.807, 2.05) is 30.3 Å². The fourth-order valence-electron chi connectivity index (χ4n) is 1.57. The Kier molecular flexibility index (Phi) is 4.07. The number of nitrogens with one attached hydrogen (secondary N) is 1. The van der Waals surface area contributed by atoms with Crippen molar-refractivity contribution in [2.24, 2.45) is 5.10 Å². The molecule has 0 aliphatic rings. The predicted octanol–water partition coefficient (Wildman–Crippen LogP) is 2.59. The van der Waals surface area contributed by atoms with Gasteiger partial charge in [0.1, 0.15) is 5.71 Å². The zero-order chi connectivity index (χ0) is 13.7. The first-order valence-electron chi connectivity index (χ1n) is 6.03. The highest BCUT2D eigenvalue weighted by Crippen LogP contribution is 2.16. The molecule has 0 amide bonds. The molecular weight excluding hydrogens is 242 g/mol. The van der Waals surface area contributed by atoms with Crippen molar-refractivity contribution in [2.75, 3.05) is 12.0 Å². The lowest BCUT2D eigenvalue weighted by molar-refractivity contribution is -0.135. The topological polar surface area (TPSA) is 63.6 Å².